The van der Waals surface area contributed by atoms with Crippen molar-refractivity contribution in [3.05, 3.63) is 40.4 Å². The summed E-state index contributed by atoms with van der Waals surface area (Å²) in [5, 5.41) is 8.91. The van der Waals surface area contributed by atoms with Crippen LogP contribution in [0, 0.1) is 0 Å². The van der Waals surface area contributed by atoms with Gasteiger partial charge >= 0.3 is 0 Å². The van der Waals surface area contributed by atoms with Gasteiger partial charge < -0.3 is 0 Å². The predicted molar refractivity (Wildman–Crippen MR) is 65.6 cm³/mol. The molecule has 5 heteroatoms. The molecule has 0 aliphatic heterocycles. The summed E-state index contributed by atoms with van der Waals surface area (Å²) >= 11 is 9.34. The van der Waals surface area contributed by atoms with Crippen LogP contribution in [0.2, 0.25) is 5.02 Å². The summed E-state index contributed by atoms with van der Waals surface area (Å²) in [5.41, 5.74) is 2.88. The van der Waals surface area contributed by atoms with E-state index in [1.165, 1.54) is 0 Å². The molecule has 2 rings (SSSR count). The minimum Gasteiger partial charge on any atom is -0.146 e. The largest absolute Gasteiger partial charge is 0.174 e. The van der Waals surface area contributed by atoms with Crippen LogP contribution in [-0.4, -0.2) is 10.2 Å². The van der Waals surface area contributed by atoms with Gasteiger partial charge in [0.1, 0.15) is 5.51 Å². The number of rotatable bonds is 3. The number of hydrogen-bond donors (Lipinski definition) is 0. The molecule has 1 unspecified atom stereocenters. The molecule has 0 amide bonds. The van der Waals surface area contributed by atoms with Crippen molar-refractivity contribution in [2.24, 2.45) is 0 Å². The molecule has 0 radical (unpaired) electrons. The van der Waals surface area contributed by atoms with Gasteiger partial charge in [-0.15, -0.1) is 10.2 Å². The highest BCUT2D eigenvalue weighted by Crippen LogP contribution is 2.37. The van der Waals surface area contributed by atoms with E-state index in [4.69, 9.17) is 11.6 Å². The molecule has 1 atom stereocenters. The maximum Gasteiger partial charge on any atom is 0.174 e. The van der Waals surface area contributed by atoms with Gasteiger partial charge in [-0.25, -0.2) is 0 Å². The molecule has 0 aliphatic rings. The van der Waals surface area contributed by atoms with E-state index in [0.717, 1.165) is 14.9 Å². The van der Waals surface area contributed by atoms with Crippen LogP contribution < -0.4 is 0 Å². The van der Waals surface area contributed by atoms with Gasteiger partial charge in [0.25, 0.3) is 0 Å². The van der Waals surface area contributed by atoms with E-state index >= 15 is 0 Å². The molecule has 0 saturated carbocycles. The molecule has 15 heavy (non-hydrogen) atoms. The fraction of sp³-hybridized carbons (Fsp3) is 0.200. The van der Waals surface area contributed by atoms with E-state index in [2.05, 4.69) is 17.1 Å². The van der Waals surface area contributed by atoms with Crippen molar-refractivity contribution in [1.82, 2.24) is 10.2 Å². The first-order valence-corrected chi connectivity index (χ1v) is 6.58. The zero-order chi connectivity index (χ0) is 10.7. The molecular weight excluding hydrogens is 248 g/mol. The number of benzene rings is 1. The van der Waals surface area contributed by atoms with Gasteiger partial charge in [-0.2, -0.15) is 0 Å². The Bertz CT molecular complexity index is 431. The van der Waals surface area contributed by atoms with Gasteiger partial charge in [0.05, 0.1) is 0 Å². The van der Waals surface area contributed by atoms with Crippen LogP contribution in [0.4, 0.5) is 0 Å². The van der Waals surface area contributed by atoms with Gasteiger partial charge in [-0.1, -0.05) is 52.9 Å². The summed E-state index contributed by atoms with van der Waals surface area (Å²) in [6, 6.07) is 7.89. The second-order valence-corrected chi connectivity index (χ2v) is 5.81. The second kappa shape index (κ2) is 4.96. The van der Waals surface area contributed by atoms with E-state index < -0.39 is 0 Å². The van der Waals surface area contributed by atoms with Crippen LogP contribution in [0.1, 0.15) is 17.7 Å². The van der Waals surface area contributed by atoms with E-state index in [0.29, 0.717) is 5.25 Å². The van der Waals surface area contributed by atoms with E-state index in [9.17, 15) is 0 Å². The van der Waals surface area contributed by atoms with Gasteiger partial charge in [0, 0.05) is 10.3 Å². The highest BCUT2D eigenvalue weighted by molar-refractivity contribution is 8.01. The minimum atomic E-state index is 0.298. The Hall–Kier alpha value is -0.580. The zero-order valence-electron chi connectivity index (χ0n) is 8.05. The molecule has 1 heterocycles. The lowest BCUT2D eigenvalue weighted by Gasteiger charge is -2.10. The summed E-state index contributed by atoms with van der Waals surface area (Å²) in [5.74, 6) is 0. The summed E-state index contributed by atoms with van der Waals surface area (Å²) in [4.78, 5) is 0. The average Bonchev–Trinajstić information content (AvgIpc) is 2.71. The monoisotopic (exact) mass is 256 g/mol. The SMILES string of the molecule is CC(Sc1nncs1)c1ccccc1Cl. The zero-order valence-corrected chi connectivity index (χ0v) is 10.4. The molecule has 78 valence electrons. The number of thioether (sulfide) groups is 1. The normalized spacial score (nSPS) is 12.7. The Morgan fingerprint density at radius 1 is 1.40 bits per heavy atom. The quantitative estimate of drug-likeness (QED) is 0.775. The lowest BCUT2D eigenvalue weighted by molar-refractivity contribution is 0.999. The standard InChI is InChI=1S/C10H9ClN2S2/c1-7(15-10-13-12-6-14-10)8-4-2-3-5-9(8)11/h2-7H,1H3. The molecule has 2 nitrogen and oxygen atoms in total. The van der Waals surface area contributed by atoms with Gasteiger partial charge in [-0.3, -0.25) is 0 Å². The van der Waals surface area contributed by atoms with Crippen molar-refractivity contribution >= 4 is 34.7 Å². The number of hydrogen-bond acceptors (Lipinski definition) is 4. The molecule has 1 aromatic carbocycles. The maximum atomic E-state index is 6.11. The number of halogens is 1. The molecule has 0 aliphatic carbocycles. The van der Waals surface area contributed by atoms with Crippen molar-refractivity contribution in [3.63, 3.8) is 0 Å². The highest BCUT2D eigenvalue weighted by Gasteiger charge is 2.12. The lowest BCUT2D eigenvalue weighted by atomic mass is 10.2. The topological polar surface area (TPSA) is 25.8 Å². The predicted octanol–water partition coefficient (Wildman–Crippen LogP) is 4.04. The Kier molecular flexibility index (Phi) is 3.61. The highest BCUT2D eigenvalue weighted by atomic mass is 35.5. The van der Waals surface area contributed by atoms with Crippen LogP contribution in [-0.2, 0) is 0 Å². The van der Waals surface area contributed by atoms with Crippen LogP contribution in [0.15, 0.2) is 34.1 Å². The summed E-state index contributed by atoms with van der Waals surface area (Å²) < 4.78 is 0.974. The van der Waals surface area contributed by atoms with Crippen molar-refractivity contribution in [1.29, 1.82) is 0 Å². The van der Waals surface area contributed by atoms with Crippen LogP contribution >= 0.6 is 34.7 Å². The van der Waals surface area contributed by atoms with E-state index in [1.54, 1.807) is 28.6 Å². The average molecular weight is 257 g/mol. The third kappa shape index (κ3) is 2.71. The first kappa shape index (κ1) is 10.9. The Morgan fingerprint density at radius 3 is 2.87 bits per heavy atom. The van der Waals surface area contributed by atoms with Crippen LogP contribution in [0.3, 0.4) is 0 Å². The Morgan fingerprint density at radius 2 is 2.20 bits per heavy atom. The fourth-order valence-corrected chi connectivity index (χ4v) is 3.39. The van der Waals surface area contributed by atoms with E-state index in [1.807, 2.05) is 24.3 Å². The van der Waals surface area contributed by atoms with Gasteiger partial charge in [0.15, 0.2) is 4.34 Å². The molecule has 2 aromatic rings. The molecule has 0 N–H and O–H groups in total. The van der Waals surface area contributed by atoms with Crippen molar-refractivity contribution in [2.75, 3.05) is 0 Å². The third-order valence-electron chi connectivity index (χ3n) is 1.96. The number of aromatic nitrogens is 2. The molecule has 1 aromatic heterocycles. The number of nitrogens with zero attached hydrogens (tertiary/aromatic N) is 2. The van der Waals surface area contributed by atoms with Crippen molar-refractivity contribution in [2.45, 2.75) is 16.5 Å². The summed E-state index contributed by atoms with van der Waals surface area (Å²) in [7, 11) is 0. The maximum absolute atomic E-state index is 6.11. The van der Waals surface area contributed by atoms with E-state index in [-0.39, 0.29) is 0 Å². The molecule has 0 saturated heterocycles. The fourth-order valence-electron chi connectivity index (χ4n) is 1.23. The smallest absolute Gasteiger partial charge is 0.146 e. The first-order valence-electron chi connectivity index (χ1n) is 4.44. The second-order valence-electron chi connectivity index (χ2n) is 2.99. The van der Waals surface area contributed by atoms with Gasteiger partial charge in [0.2, 0.25) is 0 Å². The lowest BCUT2D eigenvalue weighted by Crippen LogP contribution is -1.89. The van der Waals surface area contributed by atoms with Crippen LogP contribution in [0.25, 0.3) is 0 Å². The van der Waals surface area contributed by atoms with Gasteiger partial charge in [-0.05, 0) is 18.6 Å². The minimum absolute atomic E-state index is 0.298. The molecule has 0 spiro atoms. The van der Waals surface area contributed by atoms with Crippen molar-refractivity contribution in [3.8, 4) is 0 Å². The first-order chi connectivity index (χ1) is 7.27. The summed E-state index contributed by atoms with van der Waals surface area (Å²) in [6.45, 7) is 2.12. The molecule has 0 fully saturated rings. The Labute approximate surface area is 102 Å². The Balaban J connectivity index is 2.15. The molecule has 0 bridgehead atoms. The third-order valence-corrected chi connectivity index (χ3v) is 4.26. The van der Waals surface area contributed by atoms with Crippen molar-refractivity contribution < 1.29 is 0 Å². The van der Waals surface area contributed by atoms with Crippen LogP contribution in [0.5, 0.6) is 0 Å². The summed E-state index contributed by atoms with van der Waals surface area (Å²) in [6.07, 6.45) is 0. The molecular formula is C10H9ClN2S2.